The Kier molecular flexibility index (Phi) is 4.83. The summed E-state index contributed by atoms with van der Waals surface area (Å²) in [5.74, 6) is 0.0535. The summed E-state index contributed by atoms with van der Waals surface area (Å²) in [6, 6.07) is 2.26. The Morgan fingerprint density at radius 2 is 2.40 bits per heavy atom. The summed E-state index contributed by atoms with van der Waals surface area (Å²) in [6.45, 7) is 5.35. The third-order valence-electron chi connectivity index (χ3n) is 1.94. The first-order valence-corrected chi connectivity index (χ1v) is 5.17. The fourth-order valence-electron chi connectivity index (χ4n) is 1.14. The van der Waals surface area contributed by atoms with E-state index in [1.165, 1.54) is 0 Å². The van der Waals surface area contributed by atoms with Gasteiger partial charge in [-0.25, -0.2) is 0 Å². The lowest BCUT2D eigenvalue weighted by Gasteiger charge is -2.07. The summed E-state index contributed by atoms with van der Waals surface area (Å²) in [5, 5.41) is 12.6. The molecule has 0 aliphatic rings. The summed E-state index contributed by atoms with van der Waals surface area (Å²) in [4.78, 5) is 11.3. The molecule has 0 fully saturated rings. The van der Waals surface area contributed by atoms with E-state index in [2.05, 4.69) is 34.7 Å². The fourth-order valence-corrected chi connectivity index (χ4v) is 1.14. The molecule has 5 nitrogen and oxygen atoms in total. The van der Waals surface area contributed by atoms with Crippen LogP contribution >= 0.6 is 0 Å². The average Bonchev–Trinajstić information content (AvgIpc) is 2.66. The molecule has 0 bridgehead atoms. The van der Waals surface area contributed by atoms with Gasteiger partial charge in [-0.05, 0) is 6.07 Å². The van der Waals surface area contributed by atoms with Crippen molar-refractivity contribution in [2.24, 2.45) is 0 Å². The van der Waals surface area contributed by atoms with E-state index >= 15 is 0 Å². The average molecular weight is 210 g/mol. The van der Waals surface area contributed by atoms with Crippen LogP contribution in [0.5, 0.6) is 0 Å². The van der Waals surface area contributed by atoms with Crippen LogP contribution in [0.25, 0.3) is 0 Å². The van der Waals surface area contributed by atoms with E-state index in [0.29, 0.717) is 25.6 Å². The van der Waals surface area contributed by atoms with Gasteiger partial charge in [-0.3, -0.25) is 9.89 Å². The molecule has 84 valence electrons. The number of nitrogens with one attached hydrogen (secondary N) is 3. The van der Waals surface area contributed by atoms with Crippen LogP contribution in [-0.4, -0.2) is 28.7 Å². The summed E-state index contributed by atoms with van der Waals surface area (Å²) >= 11 is 0. The second-order valence-electron chi connectivity index (χ2n) is 3.72. The summed E-state index contributed by atoms with van der Waals surface area (Å²) in [6.07, 6.45) is 2.17. The van der Waals surface area contributed by atoms with Crippen molar-refractivity contribution in [3.63, 3.8) is 0 Å². The molecule has 1 rings (SSSR count). The van der Waals surface area contributed by atoms with Crippen molar-refractivity contribution in [3.05, 3.63) is 18.0 Å². The number of aromatic nitrogens is 2. The van der Waals surface area contributed by atoms with Crippen LogP contribution in [0.15, 0.2) is 12.3 Å². The molecule has 0 spiro atoms. The zero-order valence-corrected chi connectivity index (χ0v) is 9.21. The number of amides is 1. The van der Waals surface area contributed by atoms with Crippen LogP contribution in [0, 0.1) is 0 Å². The highest BCUT2D eigenvalue weighted by molar-refractivity contribution is 5.75. The number of carbonyl (C=O) groups excluding carboxylic acids is 1. The number of hydrogen-bond donors (Lipinski definition) is 3. The molecule has 0 atom stereocenters. The van der Waals surface area contributed by atoms with Gasteiger partial charge in [-0.2, -0.15) is 5.10 Å². The lowest BCUT2D eigenvalue weighted by atomic mass is 10.3. The molecule has 1 aromatic heterocycles. The van der Waals surface area contributed by atoms with Crippen LogP contribution in [-0.2, 0) is 11.3 Å². The quantitative estimate of drug-likeness (QED) is 0.637. The molecule has 1 heterocycles. The molecule has 0 unspecified atom stereocenters. The topological polar surface area (TPSA) is 69.8 Å². The largest absolute Gasteiger partial charge is 0.350 e. The maximum Gasteiger partial charge on any atom is 0.221 e. The van der Waals surface area contributed by atoms with Crippen LogP contribution < -0.4 is 10.6 Å². The summed E-state index contributed by atoms with van der Waals surface area (Å²) in [5.41, 5.74) is 0.917. The monoisotopic (exact) mass is 210 g/mol. The Bertz CT molecular complexity index is 282. The van der Waals surface area contributed by atoms with Gasteiger partial charge in [0.2, 0.25) is 5.91 Å². The van der Waals surface area contributed by atoms with Crippen molar-refractivity contribution in [1.82, 2.24) is 20.8 Å². The molecule has 15 heavy (non-hydrogen) atoms. The number of rotatable bonds is 6. The lowest BCUT2D eigenvalue weighted by Crippen LogP contribution is -2.30. The number of carbonyl (C=O) groups is 1. The highest BCUT2D eigenvalue weighted by Crippen LogP contribution is 1.90. The van der Waals surface area contributed by atoms with E-state index in [0.717, 1.165) is 5.69 Å². The minimum atomic E-state index is 0.0535. The first-order chi connectivity index (χ1) is 7.18. The van der Waals surface area contributed by atoms with Crippen LogP contribution in [0.1, 0.15) is 26.0 Å². The zero-order chi connectivity index (χ0) is 11.1. The van der Waals surface area contributed by atoms with Crippen molar-refractivity contribution >= 4 is 5.91 Å². The van der Waals surface area contributed by atoms with Crippen LogP contribution in [0.4, 0.5) is 0 Å². The van der Waals surface area contributed by atoms with Gasteiger partial charge in [0.05, 0.1) is 12.2 Å². The molecule has 1 amide bonds. The van der Waals surface area contributed by atoms with Gasteiger partial charge in [0.1, 0.15) is 0 Å². The second kappa shape index (κ2) is 6.19. The van der Waals surface area contributed by atoms with Crippen LogP contribution in [0.3, 0.4) is 0 Å². The normalized spacial score (nSPS) is 10.6. The van der Waals surface area contributed by atoms with Crippen molar-refractivity contribution in [1.29, 1.82) is 0 Å². The zero-order valence-electron chi connectivity index (χ0n) is 9.21. The third kappa shape index (κ3) is 5.17. The van der Waals surface area contributed by atoms with E-state index in [4.69, 9.17) is 0 Å². The van der Waals surface area contributed by atoms with Gasteiger partial charge in [0.25, 0.3) is 0 Å². The first kappa shape index (κ1) is 11.7. The van der Waals surface area contributed by atoms with E-state index < -0.39 is 0 Å². The molecule has 0 saturated carbocycles. The molecule has 0 saturated heterocycles. The number of hydrogen-bond acceptors (Lipinski definition) is 3. The summed E-state index contributed by atoms with van der Waals surface area (Å²) in [7, 11) is 0. The van der Waals surface area contributed by atoms with E-state index in [1.807, 2.05) is 6.07 Å². The van der Waals surface area contributed by atoms with Crippen molar-refractivity contribution < 1.29 is 4.79 Å². The fraction of sp³-hybridized carbons (Fsp3) is 0.600. The number of nitrogens with zero attached hydrogens (tertiary/aromatic N) is 1. The smallest absolute Gasteiger partial charge is 0.221 e. The highest BCUT2D eigenvalue weighted by atomic mass is 16.1. The number of H-pyrrole nitrogens is 1. The standard InChI is InChI=1S/C10H18N4O/c1-8(2)11-5-4-10(15)12-7-9-3-6-13-14-9/h3,6,8,11H,4-5,7H2,1-2H3,(H,12,15)(H,13,14). The number of aromatic amines is 1. The molecule has 0 aliphatic carbocycles. The van der Waals surface area contributed by atoms with Gasteiger partial charge in [0.15, 0.2) is 0 Å². The SMILES string of the molecule is CC(C)NCCC(=O)NCc1ccn[nH]1. The molecule has 3 N–H and O–H groups in total. The highest BCUT2D eigenvalue weighted by Gasteiger charge is 2.01. The summed E-state index contributed by atoms with van der Waals surface area (Å²) < 4.78 is 0. The van der Waals surface area contributed by atoms with Crippen molar-refractivity contribution in [3.8, 4) is 0 Å². The van der Waals surface area contributed by atoms with Gasteiger partial charge in [-0.1, -0.05) is 13.8 Å². The second-order valence-corrected chi connectivity index (χ2v) is 3.72. The van der Waals surface area contributed by atoms with Gasteiger partial charge < -0.3 is 10.6 Å². The Balaban J connectivity index is 2.09. The van der Waals surface area contributed by atoms with Crippen molar-refractivity contribution in [2.75, 3.05) is 6.54 Å². The Labute approximate surface area is 89.6 Å². The van der Waals surface area contributed by atoms with E-state index in [-0.39, 0.29) is 5.91 Å². The Morgan fingerprint density at radius 3 is 3.00 bits per heavy atom. The maximum atomic E-state index is 11.3. The first-order valence-electron chi connectivity index (χ1n) is 5.17. The molecule has 5 heteroatoms. The predicted octanol–water partition coefficient (Wildman–Crippen LogP) is 0.414. The molecule has 1 aromatic rings. The van der Waals surface area contributed by atoms with Gasteiger partial charge >= 0.3 is 0 Å². The van der Waals surface area contributed by atoms with Crippen LogP contribution in [0.2, 0.25) is 0 Å². The molecule has 0 aromatic carbocycles. The predicted molar refractivity (Wildman–Crippen MR) is 58.2 cm³/mol. The minimum Gasteiger partial charge on any atom is -0.350 e. The molecule has 0 radical (unpaired) electrons. The Morgan fingerprint density at radius 1 is 1.60 bits per heavy atom. The molecular weight excluding hydrogens is 192 g/mol. The van der Waals surface area contributed by atoms with E-state index in [1.54, 1.807) is 6.20 Å². The maximum absolute atomic E-state index is 11.3. The minimum absolute atomic E-state index is 0.0535. The van der Waals surface area contributed by atoms with E-state index in [9.17, 15) is 4.79 Å². The third-order valence-corrected chi connectivity index (χ3v) is 1.94. The Hall–Kier alpha value is -1.36. The van der Waals surface area contributed by atoms with Gasteiger partial charge in [-0.15, -0.1) is 0 Å². The molecular formula is C10H18N4O. The van der Waals surface area contributed by atoms with Gasteiger partial charge in [0, 0.05) is 25.2 Å². The molecule has 0 aliphatic heterocycles. The lowest BCUT2D eigenvalue weighted by molar-refractivity contribution is -0.121. The van der Waals surface area contributed by atoms with Crippen molar-refractivity contribution in [2.45, 2.75) is 32.9 Å².